The van der Waals surface area contributed by atoms with Crippen LogP contribution in [0.3, 0.4) is 0 Å². The summed E-state index contributed by atoms with van der Waals surface area (Å²) in [5, 5.41) is 19.5. The van der Waals surface area contributed by atoms with Gasteiger partial charge < -0.3 is 14.9 Å². The summed E-state index contributed by atoms with van der Waals surface area (Å²) in [4.78, 5) is 67.2. The highest BCUT2D eigenvalue weighted by Gasteiger charge is 2.57. The van der Waals surface area contributed by atoms with E-state index in [9.17, 15) is 34.2 Å². The van der Waals surface area contributed by atoms with E-state index in [0.717, 1.165) is 10.5 Å². The number of hydrogen-bond acceptors (Lipinski definition) is 7. The summed E-state index contributed by atoms with van der Waals surface area (Å²) in [5.74, 6) is -4.76. The molecule has 1 fully saturated rings. The summed E-state index contributed by atoms with van der Waals surface area (Å²) in [6.07, 6.45) is 5.46. The van der Waals surface area contributed by atoms with Crippen molar-refractivity contribution in [3.8, 4) is 11.5 Å². The van der Waals surface area contributed by atoms with Gasteiger partial charge in [-0.25, -0.2) is 4.79 Å². The number of aromatic carboxylic acids is 1. The Morgan fingerprint density at radius 1 is 1.02 bits per heavy atom. The number of allylic oxidation sites excluding steroid dienone is 7. The number of imide groups is 1. The molecule has 2 aliphatic heterocycles. The Morgan fingerprint density at radius 3 is 2.62 bits per heavy atom. The number of phenols is 1. The molecule has 2 N–H and O–H groups in total. The molecule has 2 aromatic rings. The molecule has 1 saturated heterocycles. The number of benzene rings is 2. The van der Waals surface area contributed by atoms with Gasteiger partial charge in [0.15, 0.2) is 11.6 Å². The summed E-state index contributed by atoms with van der Waals surface area (Å²) < 4.78 is 6.03. The van der Waals surface area contributed by atoms with Gasteiger partial charge in [-0.15, -0.1) is 0 Å². The largest absolute Gasteiger partial charge is 0.508 e. The first-order valence-corrected chi connectivity index (χ1v) is 14.2. The monoisotopic (exact) mass is 627 g/mol. The Hall–Kier alpha value is -4.57. The standard InChI is InChI=1S/C32H22BrNO8/c33-23-12-24(36)28-22(29(23)37)11-21-19(26(28)16-8-15-10-18(35)4-7-25(15)42-13-16)5-6-20-27(21)31(39)34(30(20)38)17-3-1-2-14(9-17)32(40)41/h1-5,7,9-10,12-13,20-21,26-27,35H,6,8,11H2,(H,40,41)/t20-,21+,26-,27-/m0/s1. The highest BCUT2D eigenvalue weighted by Crippen LogP contribution is 2.55. The van der Waals surface area contributed by atoms with E-state index < -0.39 is 41.5 Å². The van der Waals surface area contributed by atoms with E-state index in [1.165, 1.54) is 36.4 Å². The van der Waals surface area contributed by atoms with Crippen LogP contribution in [-0.2, 0) is 25.6 Å². The van der Waals surface area contributed by atoms with E-state index in [2.05, 4.69) is 15.9 Å². The van der Waals surface area contributed by atoms with Gasteiger partial charge in [-0.2, -0.15) is 0 Å². The minimum atomic E-state index is -1.18. The number of aromatic hydroxyl groups is 1. The number of anilines is 1. The second-order valence-electron chi connectivity index (χ2n) is 11.0. The molecule has 3 aliphatic carbocycles. The van der Waals surface area contributed by atoms with Crippen LogP contribution in [0.4, 0.5) is 5.69 Å². The molecule has 2 heterocycles. The fraction of sp³-hybridized carbons (Fsp3) is 0.219. The van der Waals surface area contributed by atoms with Crippen LogP contribution < -0.4 is 9.64 Å². The Bertz CT molecular complexity index is 1800. The predicted molar refractivity (Wildman–Crippen MR) is 152 cm³/mol. The number of carbonyl (C=O) groups excluding carboxylic acids is 4. The molecule has 7 rings (SSSR count). The molecule has 210 valence electrons. The average Bonchev–Trinajstić information content (AvgIpc) is 3.23. The number of Topliss-reactive ketones (excluding diaryl/α,β-unsaturated/α-hetero) is 1. The van der Waals surface area contributed by atoms with Crippen molar-refractivity contribution in [2.45, 2.75) is 19.3 Å². The third kappa shape index (κ3) is 3.85. The normalized spacial score (nSPS) is 26.4. The molecule has 0 spiro atoms. The fourth-order valence-electron chi connectivity index (χ4n) is 7.05. The number of carboxylic acids is 1. The van der Waals surface area contributed by atoms with Crippen molar-refractivity contribution < 1.29 is 38.9 Å². The number of hydrogen-bond donors (Lipinski definition) is 2. The summed E-state index contributed by atoms with van der Waals surface area (Å²) in [6.45, 7) is 0. The molecule has 42 heavy (non-hydrogen) atoms. The molecule has 0 aromatic heterocycles. The van der Waals surface area contributed by atoms with Gasteiger partial charge in [0.1, 0.15) is 11.5 Å². The number of ether oxygens (including phenoxy) is 1. The number of carbonyl (C=O) groups is 5. The molecule has 2 amide bonds. The molecule has 0 radical (unpaired) electrons. The van der Waals surface area contributed by atoms with Gasteiger partial charge in [0.2, 0.25) is 11.8 Å². The fourth-order valence-corrected chi connectivity index (χ4v) is 7.50. The van der Waals surface area contributed by atoms with Gasteiger partial charge in [0.05, 0.1) is 33.8 Å². The first-order chi connectivity index (χ1) is 20.1. The van der Waals surface area contributed by atoms with Gasteiger partial charge in [-0.05, 0) is 76.7 Å². The lowest BCUT2D eigenvalue weighted by atomic mass is 9.59. The minimum absolute atomic E-state index is 0.0483. The summed E-state index contributed by atoms with van der Waals surface area (Å²) in [7, 11) is 0. The molecule has 4 atom stereocenters. The predicted octanol–water partition coefficient (Wildman–Crippen LogP) is 4.41. The van der Waals surface area contributed by atoms with Crippen molar-refractivity contribution in [1.29, 1.82) is 0 Å². The van der Waals surface area contributed by atoms with E-state index in [-0.39, 0.29) is 45.9 Å². The smallest absolute Gasteiger partial charge is 0.335 e. The van der Waals surface area contributed by atoms with Gasteiger partial charge in [-0.1, -0.05) is 17.7 Å². The van der Waals surface area contributed by atoms with E-state index in [1.54, 1.807) is 18.4 Å². The highest BCUT2D eigenvalue weighted by atomic mass is 79.9. The lowest BCUT2D eigenvalue weighted by molar-refractivity contribution is -0.123. The van der Waals surface area contributed by atoms with Crippen LogP contribution in [0.1, 0.15) is 28.8 Å². The SMILES string of the molecule is O=C1C=C(Br)C(=O)C2=C1[C@@H](C1=COc3ccc(O)cc3C1)C1=CC[C@@H]3C(=O)N(c4cccc(C(=O)O)c4)C(=O)[C@@H]3[C@@H]1C2. The van der Waals surface area contributed by atoms with Crippen LogP contribution in [0.5, 0.6) is 11.5 Å². The molecule has 9 nitrogen and oxygen atoms in total. The summed E-state index contributed by atoms with van der Waals surface area (Å²) >= 11 is 3.22. The quantitative estimate of drug-likeness (QED) is 0.290. The lowest BCUT2D eigenvalue weighted by Gasteiger charge is -2.43. The number of carboxylic acid groups (broad SMARTS) is 1. The van der Waals surface area contributed by atoms with E-state index in [4.69, 9.17) is 4.74 Å². The van der Waals surface area contributed by atoms with Gasteiger partial charge in [0.25, 0.3) is 0 Å². The van der Waals surface area contributed by atoms with Crippen molar-refractivity contribution in [1.82, 2.24) is 0 Å². The molecule has 5 aliphatic rings. The maximum absolute atomic E-state index is 14.0. The second kappa shape index (κ2) is 9.49. The van der Waals surface area contributed by atoms with Crippen LogP contribution in [0.25, 0.3) is 0 Å². The Labute approximate surface area is 247 Å². The lowest BCUT2D eigenvalue weighted by Crippen LogP contribution is -2.41. The van der Waals surface area contributed by atoms with Crippen LogP contribution >= 0.6 is 15.9 Å². The van der Waals surface area contributed by atoms with E-state index >= 15 is 0 Å². The zero-order chi connectivity index (χ0) is 29.4. The van der Waals surface area contributed by atoms with Gasteiger partial charge >= 0.3 is 5.97 Å². The molecule has 0 bridgehead atoms. The molecule has 0 unspecified atom stereocenters. The van der Waals surface area contributed by atoms with Crippen molar-refractivity contribution in [2.75, 3.05) is 4.90 Å². The van der Waals surface area contributed by atoms with Crippen LogP contribution in [0, 0.1) is 23.7 Å². The molecular weight excluding hydrogens is 606 g/mol. The minimum Gasteiger partial charge on any atom is -0.508 e. The molecule has 2 aromatic carbocycles. The Morgan fingerprint density at radius 2 is 1.83 bits per heavy atom. The Balaban J connectivity index is 1.32. The maximum Gasteiger partial charge on any atom is 0.335 e. The number of rotatable bonds is 3. The maximum atomic E-state index is 14.0. The van der Waals surface area contributed by atoms with Crippen LogP contribution in [0.15, 0.2) is 87.7 Å². The van der Waals surface area contributed by atoms with Crippen molar-refractivity contribution in [3.63, 3.8) is 0 Å². The first kappa shape index (κ1) is 26.3. The van der Waals surface area contributed by atoms with Crippen molar-refractivity contribution >= 4 is 51.0 Å². The topological polar surface area (TPSA) is 138 Å². The van der Waals surface area contributed by atoms with Crippen molar-refractivity contribution in [3.05, 3.63) is 98.8 Å². The van der Waals surface area contributed by atoms with Gasteiger partial charge in [-0.3, -0.25) is 24.1 Å². The highest BCUT2D eigenvalue weighted by molar-refractivity contribution is 9.12. The number of nitrogens with zero attached hydrogens (tertiary/aromatic N) is 1. The van der Waals surface area contributed by atoms with E-state index in [1.807, 2.05) is 6.08 Å². The molecule has 10 heteroatoms. The zero-order valence-electron chi connectivity index (χ0n) is 21.9. The number of halogens is 1. The average molecular weight is 628 g/mol. The Kier molecular flexibility index (Phi) is 5.95. The van der Waals surface area contributed by atoms with Crippen LogP contribution in [0.2, 0.25) is 0 Å². The molecule has 0 saturated carbocycles. The summed E-state index contributed by atoms with van der Waals surface area (Å²) in [6, 6.07) is 10.5. The zero-order valence-corrected chi connectivity index (χ0v) is 23.5. The number of phenolic OH excluding ortho intramolecular Hbond substituents is 1. The number of fused-ring (bicyclic) bond motifs is 4. The van der Waals surface area contributed by atoms with E-state index in [0.29, 0.717) is 34.5 Å². The number of ketones is 2. The summed E-state index contributed by atoms with van der Waals surface area (Å²) in [5.41, 5.74) is 2.97. The number of amides is 2. The van der Waals surface area contributed by atoms with Gasteiger partial charge in [0, 0.05) is 35.1 Å². The first-order valence-electron chi connectivity index (χ1n) is 13.4. The van der Waals surface area contributed by atoms with Crippen LogP contribution in [-0.4, -0.2) is 39.6 Å². The third-order valence-electron chi connectivity index (χ3n) is 8.83. The third-order valence-corrected chi connectivity index (χ3v) is 9.42. The molecular formula is C32H22BrNO8. The second-order valence-corrected chi connectivity index (χ2v) is 11.9. The van der Waals surface area contributed by atoms with Crippen molar-refractivity contribution in [2.24, 2.45) is 23.7 Å².